The van der Waals surface area contributed by atoms with Crippen LogP contribution in [0.15, 0.2) is 48.5 Å². The molecule has 4 heteroatoms. The van der Waals surface area contributed by atoms with Gasteiger partial charge in [-0.2, -0.15) is 0 Å². The lowest BCUT2D eigenvalue weighted by Crippen LogP contribution is -2.30. The van der Waals surface area contributed by atoms with E-state index in [1.807, 2.05) is 18.2 Å². The Labute approximate surface area is 129 Å². The van der Waals surface area contributed by atoms with E-state index in [9.17, 15) is 9.18 Å². The number of halogens is 1. The third kappa shape index (κ3) is 3.52. The van der Waals surface area contributed by atoms with Crippen LogP contribution in [0.5, 0.6) is 5.75 Å². The van der Waals surface area contributed by atoms with Crippen molar-refractivity contribution in [2.45, 2.75) is 25.5 Å². The first-order valence-corrected chi connectivity index (χ1v) is 7.46. The molecule has 0 saturated heterocycles. The molecule has 0 fully saturated rings. The summed E-state index contributed by atoms with van der Waals surface area (Å²) in [5, 5.41) is 3.35. The average Bonchev–Trinajstić information content (AvgIpc) is 2.53. The molecule has 1 N–H and O–H groups in total. The number of carbonyl (C=O) groups is 1. The molecule has 2 aromatic carbocycles. The number of ether oxygens (including phenoxy) is 1. The van der Waals surface area contributed by atoms with Gasteiger partial charge in [0.1, 0.15) is 17.7 Å². The molecule has 1 atom stereocenters. The lowest BCUT2D eigenvalue weighted by atomic mass is 9.99. The minimum atomic E-state index is -0.404. The number of carbonyl (C=O) groups excluding carboxylic acids is 1. The molecular weight excluding hydrogens is 281 g/mol. The molecule has 22 heavy (non-hydrogen) atoms. The molecule has 0 saturated carbocycles. The van der Waals surface area contributed by atoms with Crippen LogP contribution in [-0.2, 0) is 6.54 Å². The summed E-state index contributed by atoms with van der Waals surface area (Å²) in [7, 11) is 0. The van der Waals surface area contributed by atoms with Gasteiger partial charge in [-0.15, -0.1) is 0 Å². The quantitative estimate of drug-likeness (QED) is 0.861. The molecule has 0 bridgehead atoms. The van der Waals surface area contributed by atoms with Gasteiger partial charge in [-0.3, -0.25) is 4.79 Å². The zero-order valence-corrected chi connectivity index (χ0v) is 12.2. The Kier molecular flexibility index (Phi) is 4.49. The highest BCUT2D eigenvalue weighted by molar-refractivity contribution is 5.99. The maximum Gasteiger partial charge on any atom is 0.170 e. The molecular formula is C18H18FNO2. The fourth-order valence-corrected chi connectivity index (χ4v) is 2.61. The van der Waals surface area contributed by atoms with Crippen LogP contribution < -0.4 is 10.1 Å². The number of Topliss-reactive ketones (excluding diaryl/α,β-unsaturated/α-hetero) is 1. The van der Waals surface area contributed by atoms with E-state index in [0.29, 0.717) is 17.7 Å². The standard InChI is InChI=1S/C18H18FNO2/c19-14-6-7-18-16(10-14)17(21)11-15(22-18)8-9-20-12-13-4-2-1-3-5-13/h1-7,10,15,20H,8-9,11-12H2/t15-/m0/s1. The number of hydrogen-bond donors (Lipinski definition) is 1. The minimum absolute atomic E-state index is 0.0474. The summed E-state index contributed by atoms with van der Waals surface area (Å²) >= 11 is 0. The first kappa shape index (κ1) is 14.7. The molecule has 0 aromatic heterocycles. The maximum atomic E-state index is 13.2. The molecule has 3 nitrogen and oxygen atoms in total. The number of nitrogens with one attached hydrogen (secondary N) is 1. The highest BCUT2D eigenvalue weighted by Gasteiger charge is 2.26. The largest absolute Gasteiger partial charge is 0.489 e. The Morgan fingerprint density at radius 1 is 1.18 bits per heavy atom. The van der Waals surface area contributed by atoms with Gasteiger partial charge in [-0.1, -0.05) is 30.3 Å². The summed E-state index contributed by atoms with van der Waals surface area (Å²) in [4.78, 5) is 12.0. The Morgan fingerprint density at radius 2 is 2.00 bits per heavy atom. The minimum Gasteiger partial charge on any atom is -0.489 e. The second-order valence-corrected chi connectivity index (χ2v) is 5.46. The van der Waals surface area contributed by atoms with E-state index in [0.717, 1.165) is 19.5 Å². The van der Waals surface area contributed by atoms with Crippen LogP contribution in [0.2, 0.25) is 0 Å². The van der Waals surface area contributed by atoms with Gasteiger partial charge in [-0.05, 0) is 36.7 Å². The predicted octanol–water partition coefficient (Wildman–Crippen LogP) is 3.34. The van der Waals surface area contributed by atoms with E-state index in [2.05, 4.69) is 17.4 Å². The Bertz CT molecular complexity index is 657. The first-order valence-electron chi connectivity index (χ1n) is 7.46. The van der Waals surface area contributed by atoms with E-state index in [1.165, 1.54) is 23.8 Å². The van der Waals surface area contributed by atoms with E-state index < -0.39 is 5.82 Å². The van der Waals surface area contributed by atoms with Gasteiger partial charge in [0.05, 0.1) is 5.56 Å². The lowest BCUT2D eigenvalue weighted by Gasteiger charge is -2.25. The molecule has 3 rings (SSSR count). The van der Waals surface area contributed by atoms with E-state index >= 15 is 0 Å². The summed E-state index contributed by atoms with van der Waals surface area (Å²) < 4.78 is 18.9. The van der Waals surface area contributed by atoms with Crippen molar-refractivity contribution >= 4 is 5.78 Å². The van der Waals surface area contributed by atoms with Crippen LogP contribution in [0.4, 0.5) is 4.39 Å². The third-order valence-corrected chi connectivity index (χ3v) is 3.76. The lowest BCUT2D eigenvalue weighted by molar-refractivity contribution is 0.0838. The third-order valence-electron chi connectivity index (χ3n) is 3.76. The van der Waals surface area contributed by atoms with Crippen LogP contribution in [0.3, 0.4) is 0 Å². The molecule has 0 unspecified atom stereocenters. The maximum absolute atomic E-state index is 13.2. The Morgan fingerprint density at radius 3 is 2.82 bits per heavy atom. The molecule has 0 spiro atoms. The second kappa shape index (κ2) is 6.71. The van der Waals surface area contributed by atoms with E-state index in [-0.39, 0.29) is 11.9 Å². The molecule has 114 valence electrons. The van der Waals surface area contributed by atoms with Gasteiger partial charge in [0, 0.05) is 13.0 Å². The molecule has 0 aliphatic carbocycles. The topological polar surface area (TPSA) is 38.3 Å². The van der Waals surface area contributed by atoms with Crippen molar-refractivity contribution in [1.82, 2.24) is 5.32 Å². The van der Waals surface area contributed by atoms with Crippen molar-refractivity contribution < 1.29 is 13.9 Å². The number of ketones is 1. The molecule has 1 aliphatic rings. The van der Waals surface area contributed by atoms with Crippen molar-refractivity contribution in [3.63, 3.8) is 0 Å². The summed E-state index contributed by atoms with van der Waals surface area (Å²) in [6.07, 6.45) is 0.910. The highest BCUT2D eigenvalue weighted by atomic mass is 19.1. The average molecular weight is 299 g/mol. The van der Waals surface area contributed by atoms with Gasteiger partial charge in [0.25, 0.3) is 0 Å². The zero-order valence-electron chi connectivity index (χ0n) is 12.2. The number of fused-ring (bicyclic) bond motifs is 1. The number of rotatable bonds is 5. The van der Waals surface area contributed by atoms with Gasteiger partial charge in [0.15, 0.2) is 5.78 Å². The van der Waals surface area contributed by atoms with Gasteiger partial charge in [-0.25, -0.2) is 4.39 Å². The summed E-state index contributed by atoms with van der Waals surface area (Å²) in [5.74, 6) is 0.0400. The highest BCUT2D eigenvalue weighted by Crippen LogP contribution is 2.29. The van der Waals surface area contributed by atoms with Crippen molar-refractivity contribution in [2.75, 3.05) is 6.54 Å². The van der Waals surface area contributed by atoms with Gasteiger partial charge < -0.3 is 10.1 Å². The predicted molar refractivity (Wildman–Crippen MR) is 82.5 cm³/mol. The molecule has 2 aromatic rings. The molecule has 1 aliphatic heterocycles. The van der Waals surface area contributed by atoms with Crippen LogP contribution in [0.1, 0.15) is 28.8 Å². The Balaban J connectivity index is 1.50. The van der Waals surface area contributed by atoms with E-state index in [4.69, 9.17) is 4.74 Å². The molecule has 0 amide bonds. The van der Waals surface area contributed by atoms with Crippen molar-refractivity contribution in [1.29, 1.82) is 0 Å². The number of benzene rings is 2. The fourth-order valence-electron chi connectivity index (χ4n) is 2.61. The van der Waals surface area contributed by atoms with Crippen LogP contribution in [-0.4, -0.2) is 18.4 Å². The summed E-state index contributed by atoms with van der Waals surface area (Å²) in [5.41, 5.74) is 1.58. The normalized spacial score (nSPS) is 17.0. The summed E-state index contributed by atoms with van der Waals surface area (Å²) in [6.45, 7) is 1.56. The van der Waals surface area contributed by atoms with Crippen LogP contribution in [0.25, 0.3) is 0 Å². The van der Waals surface area contributed by atoms with Crippen molar-refractivity contribution in [3.8, 4) is 5.75 Å². The van der Waals surface area contributed by atoms with E-state index in [1.54, 1.807) is 0 Å². The van der Waals surface area contributed by atoms with Gasteiger partial charge in [0.2, 0.25) is 0 Å². The monoisotopic (exact) mass is 299 g/mol. The van der Waals surface area contributed by atoms with Gasteiger partial charge >= 0.3 is 0 Å². The van der Waals surface area contributed by atoms with Crippen molar-refractivity contribution in [2.24, 2.45) is 0 Å². The zero-order chi connectivity index (χ0) is 15.4. The summed E-state index contributed by atoms with van der Waals surface area (Å²) in [6, 6.07) is 14.3. The van der Waals surface area contributed by atoms with Crippen LogP contribution in [0, 0.1) is 5.82 Å². The Hall–Kier alpha value is -2.20. The first-order chi connectivity index (χ1) is 10.7. The molecule has 0 radical (unpaired) electrons. The van der Waals surface area contributed by atoms with Crippen molar-refractivity contribution in [3.05, 3.63) is 65.5 Å². The molecule has 1 heterocycles. The second-order valence-electron chi connectivity index (χ2n) is 5.46. The smallest absolute Gasteiger partial charge is 0.170 e. The fraction of sp³-hybridized carbons (Fsp3) is 0.278. The number of hydrogen-bond acceptors (Lipinski definition) is 3. The SMILES string of the molecule is O=C1C[C@H](CCNCc2ccccc2)Oc2ccc(F)cc21. The van der Waals surface area contributed by atoms with Crippen LogP contribution >= 0.6 is 0 Å².